The van der Waals surface area contributed by atoms with Crippen LogP contribution in [0.2, 0.25) is 0 Å². The quantitative estimate of drug-likeness (QED) is 0.724. The van der Waals surface area contributed by atoms with Gasteiger partial charge < -0.3 is 15.4 Å². The van der Waals surface area contributed by atoms with E-state index >= 15 is 0 Å². The van der Waals surface area contributed by atoms with Crippen molar-refractivity contribution in [2.75, 3.05) is 17.7 Å². The number of hydrogen-bond donors (Lipinski definition) is 2. The summed E-state index contributed by atoms with van der Waals surface area (Å²) in [5, 5.41) is 7.02. The molecule has 1 aromatic heterocycles. The van der Waals surface area contributed by atoms with Gasteiger partial charge in [0.15, 0.2) is 0 Å². The number of methoxy groups -OCH3 is 1. The van der Waals surface area contributed by atoms with Crippen LogP contribution in [0.3, 0.4) is 0 Å². The van der Waals surface area contributed by atoms with Crippen LogP contribution in [0.4, 0.5) is 11.4 Å². The van der Waals surface area contributed by atoms with Gasteiger partial charge in [-0.25, -0.2) is 0 Å². The highest BCUT2D eigenvalue weighted by molar-refractivity contribution is 6.34. The fraction of sp³-hybridized carbons (Fsp3) is 0.0526. The van der Waals surface area contributed by atoms with E-state index < -0.39 is 0 Å². The van der Waals surface area contributed by atoms with Gasteiger partial charge >= 0.3 is 0 Å². The Morgan fingerprint density at radius 2 is 2.08 bits per heavy atom. The van der Waals surface area contributed by atoms with E-state index in [1.165, 1.54) is 0 Å². The summed E-state index contributed by atoms with van der Waals surface area (Å²) in [6.45, 7) is 0. The third-order valence-corrected chi connectivity index (χ3v) is 4.00. The molecule has 0 radical (unpaired) electrons. The van der Waals surface area contributed by atoms with Crippen LogP contribution in [-0.2, 0) is 4.79 Å². The molecule has 1 aliphatic heterocycles. The maximum atomic E-state index is 12.4. The van der Waals surface area contributed by atoms with Gasteiger partial charge in [0.2, 0.25) is 0 Å². The molecule has 1 aliphatic rings. The standard InChI is InChI=1S/C19H15N3O2/c1-24-13-5-2-4-12(10-13)21-11-15-18-14-6-3-9-20-16(14)7-8-17(18)22-19(15)23/h2-11,21H,1H3,(H,22,23). The van der Waals surface area contributed by atoms with Gasteiger partial charge in [-0.15, -0.1) is 0 Å². The average Bonchev–Trinajstić information content (AvgIpc) is 2.96. The van der Waals surface area contributed by atoms with Crippen molar-refractivity contribution in [1.82, 2.24) is 4.98 Å². The Labute approximate surface area is 139 Å². The van der Waals surface area contributed by atoms with E-state index in [2.05, 4.69) is 15.6 Å². The Hall–Kier alpha value is -3.34. The minimum Gasteiger partial charge on any atom is -0.497 e. The van der Waals surface area contributed by atoms with E-state index in [1.54, 1.807) is 19.5 Å². The maximum Gasteiger partial charge on any atom is 0.257 e. The Bertz CT molecular complexity index is 979. The van der Waals surface area contributed by atoms with E-state index in [4.69, 9.17) is 4.74 Å². The second-order valence-corrected chi connectivity index (χ2v) is 5.45. The zero-order valence-corrected chi connectivity index (χ0v) is 13.0. The summed E-state index contributed by atoms with van der Waals surface area (Å²) in [6.07, 6.45) is 3.47. The summed E-state index contributed by atoms with van der Waals surface area (Å²) in [4.78, 5) is 16.7. The Kier molecular flexibility index (Phi) is 3.39. The van der Waals surface area contributed by atoms with E-state index in [0.29, 0.717) is 5.57 Å². The lowest BCUT2D eigenvalue weighted by atomic mass is 10.0. The first-order chi connectivity index (χ1) is 11.8. The number of ether oxygens (including phenoxy) is 1. The number of carbonyl (C=O) groups is 1. The molecule has 0 bridgehead atoms. The van der Waals surface area contributed by atoms with Crippen LogP contribution < -0.4 is 15.4 Å². The van der Waals surface area contributed by atoms with Crippen molar-refractivity contribution >= 4 is 33.8 Å². The van der Waals surface area contributed by atoms with Gasteiger partial charge in [-0.3, -0.25) is 9.78 Å². The molecular formula is C19H15N3O2. The zero-order valence-electron chi connectivity index (χ0n) is 13.0. The molecule has 0 unspecified atom stereocenters. The number of amides is 1. The number of anilines is 2. The molecule has 0 fully saturated rings. The zero-order chi connectivity index (χ0) is 16.5. The van der Waals surface area contributed by atoms with Gasteiger partial charge in [-0.2, -0.15) is 0 Å². The third-order valence-electron chi connectivity index (χ3n) is 4.00. The second kappa shape index (κ2) is 5.70. The monoisotopic (exact) mass is 317 g/mol. The predicted octanol–water partition coefficient (Wildman–Crippen LogP) is 3.65. The van der Waals surface area contributed by atoms with Crippen LogP contribution in [0.25, 0.3) is 16.5 Å². The van der Waals surface area contributed by atoms with Gasteiger partial charge in [0, 0.05) is 40.8 Å². The van der Waals surface area contributed by atoms with Gasteiger partial charge in [0.1, 0.15) is 5.75 Å². The minimum atomic E-state index is -0.128. The molecule has 4 rings (SSSR count). The Balaban J connectivity index is 1.77. The predicted molar refractivity (Wildman–Crippen MR) is 95.0 cm³/mol. The summed E-state index contributed by atoms with van der Waals surface area (Å²) in [5.74, 6) is 0.626. The molecule has 24 heavy (non-hydrogen) atoms. The molecule has 0 aliphatic carbocycles. The van der Waals surface area contributed by atoms with Gasteiger partial charge in [-0.05, 0) is 30.3 Å². The maximum absolute atomic E-state index is 12.4. The van der Waals surface area contributed by atoms with Crippen LogP contribution in [0, 0.1) is 0 Å². The van der Waals surface area contributed by atoms with Crippen LogP contribution >= 0.6 is 0 Å². The first kappa shape index (κ1) is 14.3. The van der Waals surface area contributed by atoms with E-state index in [0.717, 1.165) is 33.6 Å². The molecule has 2 heterocycles. The van der Waals surface area contributed by atoms with Crippen molar-refractivity contribution in [2.45, 2.75) is 0 Å². The summed E-state index contributed by atoms with van der Waals surface area (Å²) in [7, 11) is 1.62. The molecule has 2 N–H and O–H groups in total. The topological polar surface area (TPSA) is 63.2 Å². The first-order valence-corrected chi connectivity index (χ1v) is 7.56. The SMILES string of the molecule is COc1cccc(NC=C2C(=O)Nc3ccc4ncccc4c32)c1. The number of pyridine rings is 1. The number of rotatable bonds is 3. The van der Waals surface area contributed by atoms with Gasteiger partial charge in [0.25, 0.3) is 5.91 Å². The van der Waals surface area contributed by atoms with Crippen molar-refractivity contribution in [1.29, 1.82) is 0 Å². The lowest BCUT2D eigenvalue weighted by Gasteiger charge is -2.06. The molecule has 2 aromatic carbocycles. The molecule has 1 amide bonds. The van der Waals surface area contributed by atoms with E-state index in [-0.39, 0.29) is 5.91 Å². The fourth-order valence-corrected chi connectivity index (χ4v) is 2.86. The molecule has 5 nitrogen and oxygen atoms in total. The van der Waals surface area contributed by atoms with Crippen molar-refractivity contribution in [3.63, 3.8) is 0 Å². The first-order valence-electron chi connectivity index (χ1n) is 7.56. The lowest BCUT2D eigenvalue weighted by Crippen LogP contribution is -2.05. The van der Waals surface area contributed by atoms with Crippen LogP contribution in [0.5, 0.6) is 5.75 Å². The van der Waals surface area contributed by atoms with Crippen molar-refractivity contribution in [3.05, 3.63) is 66.5 Å². The molecule has 118 valence electrons. The highest BCUT2D eigenvalue weighted by Gasteiger charge is 2.26. The average molecular weight is 317 g/mol. The molecule has 0 spiro atoms. The van der Waals surface area contributed by atoms with Crippen molar-refractivity contribution < 1.29 is 9.53 Å². The summed E-state index contributed by atoms with van der Waals surface area (Å²) in [6, 6.07) is 15.2. The highest BCUT2D eigenvalue weighted by Crippen LogP contribution is 2.37. The third kappa shape index (κ3) is 2.36. The van der Waals surface area contributed by atoms with Gasteiger partial charge in [0.05, 0.1) is 18.2 Å². The molecule has 3 aromatic rings. The van der Waals surface area contributed by atoms with Gasteiger partial charge in [-0.1, -0.05) is 12.1 Å². The smallest absolute Gasteiger partial charge is 0.257 e. The summed E-state index contributed by atoms with van der Waals surface area (Å²) < 4.78 is 5.21. The lowest BCUT2D eigenvalue weighted by molar-refractivity contribution is -0.110. The number of hydrogen-bond acceptors (Lipinski definition) is 4. The Morgan fingerprint density at radius 3 is 2.96 bits per heavy atom. The number of benzene rings is 2. The number of fused-ring (bicyclic) bond motifs is 3. The number of nitrogens with zero attached hydrogens (tertiary/aromatic N) is 1. The number of carbonyl (C=O) groups excluding carboxylic acids is 1. The molecule has 0 saturated heterocycles. The largest absolute Gasteiger partial charge is 0.497 e. The van der Waals surface area contributed by atoms with Crippen molar-refractivity contribution in [2.24, 2.45) is 0 Å². The molecule has 0 atom stereocenters. The number of nitrogens with one attached hydrogen (secondary N) is 2. The van der Waals surface area contributed by atoms with E-state index in [9.17, 15) is 4.79 Å². The summed E-state index contributed by atoms with van der Waals surface area (Å²) >= 11 is 0. The normalized spacial score (nSPS) is 14.5. The van der Waals surface area contributed by atoms with E-state index in [1.807, 2.05) is 48.5 Å². The van der Waals surface area contributed by atoms with Crippen LogP contribution in [-0.4, -0.2) is 18.0 Å². The molecule has 0 saturated carbocycles. The number of aromatic nitrogens is 1. The Morgan fingerprint density at radius 1 is 1.17 bits per heavy atom. The van der Waals surface area contributed by atoms with Crippen LogP contribution in [0.1, 0.15) is 5.56 Å². The van der Waals surface area contributed by atoms with Crippen molar-refractivity contribution in [3.8, 4) is 5.75 Å². The molecular weight excluding hydrogens is 302 g/mol. The fourth-order valence-electron chi connectivity index (χ4n) is 2.86. The van der Waals surface area contributed by atoms with Crippen LogP contribution in [0.15, 0.2) is 60.9 Å². The highest BCUT2D eigenvalue weighted by atomic mass is 16.5. The summed E-state index contributed by atoms with van der Waals surface area (Å²) in [5.41, 5.74) is 3.98. The second-order valence-electron chi connectivity index (χ2n) is 5.45. The minimum absolute atomic E-state index is 0.128. The molecule has 5 heteroatoms.